The van der Waals surface area contributed by atoms with Gasteiger partial charge in [-0.15, -0.1) is 0 Å². The Bertz CT molecular complexity index is 549. The fourth-order valence-corrected chi connectivity index (χ4v) is 3.16. The molecule has 5 heteroatoms. The van der Waals surface area contributed by atoms with Gasteiger partial charge in [-0.25, -0.2) is 8.78 Å². The summed E-state index contributed by atoms with van der Waals surface area (Å²) < 4.78 is 26.9. The zero-order valence-electron chi connectivity index (χ0n) is 12.0. The molecular weight excluding hydrogens is 274 g/mol. The molecule has 4 atom stereocenters. The third kappa shape index (κ3) is 3.07. The molecule has 1 aromatic rings. The Labute approximate surface area is 123 Å². The molecule has 1 aromatic carbocycles. The Balaban J connectivity index is 1.62. The van der Waals surface area contributed by atoms with E-state index in [4.69, 9.17) is 0 Å². The van der Waals surface area contributed by atoms with Crippen molar-refractivity contribution < 1.29 is 13.6 Å². The molecule has 21 heavy (non-hydrogen) atoms. The van der Waals surface area contributed by atoms with Crippen LogP contribution in [-0.4, -0.2) is 24.5 Å². The summed E-state index contributed by atoms with van der Waals surface area (Å²) in [7, 11) is 0. The van der Waals surface area contributed by atoms with Crippen molar-refractivity contribution in [1.82, 2.24) is 10.6 Å². The van der Waals surface area contributed by atoms with Gasteiger partial charge in [0.1, 0.15) is 11.6 Å². The molecule has 0 bridgehead atoms. The third-order valence-electron chi connectivity index (χ3n) is 4.57. The molecular formula is C16H20F2N2O. The van der Waals surface area contributed by atoms with Gasteiger partial charge in [-0.3, -0.25) is 4.79 Å². The van der Waals surface area contributed by atoms with E-state index in [1.807, 2.05) is 0 Å². The molecule has 3 nitrogen and oxygen atoms in total. The van der Waals surface area contributed by atoms with Crippen molar-refractivity contribution in [2.75, 3.05) is 6.54 Å². The summed E-state index contributed by atoms with van der Waals surface area (Å²) in [6.07, 6.45) is 2.61. The van der Waals surface area contributed by atoms with Crippen molar-refractivity contribution in [3.63, 3.8) is 0 Å². The maximum atomic E-state index is 13.7. The molecule has 1 heterocycles. The summed E-state index contributed by atoms with van der Waals surface area (Å²) >= 11 is 0. The summed E-state index contributed by atoms with van der Waals surface area (Å²) in [5, 5.41) is 6.38. The number of rotatable bonds is 3. The molecule has 0 spiro atoms. The van der Waals surface area contributed by atoms with Crippen molar-refractivity contribution in [3.8, 4) is 0 Å². The lowest BCUT2D eigenvalue weighted by atomic mass is 9.99. The Hall–Kier alpha value is -1.49. The fraction of sp³-hybridized carbons (Fsp3) is 0.562. The molecule has 1 aliphatic carbocycles. The largest absolute Gasteiger partial charge is 0.352 e. The van der Waals surface area contributed by atoms with Gasteiger partial charge in [0, 0.05) is 18.0 Å². The van der Waals surface area contributed by atoms with Gasteiger partial charge >= 0.3 is 0 Å². The van der Waals surface area contributed by atoms with Crippen molar-refractivity contribution >= 4 is 5.91 Å². The highest BCUT2D eigenvalue weighted by Crippen LogP contribution is 2.48. The van der Waals surface area contributed by atoms with Crippen LogP contribution in [0.2, 0.25) is 0 Å². The smallest absolute Gasteiger partial charge is 0.224 e. The lowest BCUT2D eigenvalue weighted by Crippen LogP contribution is -2.52. The fourth-order valence-electron chi connectivity index (χ4n) is 3.16. The van der Waals surface area contributed by atoms with Gasteiger partial charge in [0.25, 0.3) is 0 Å². The maximum absolute atomic E-state index is 13.7. The lowest BCUT2D eigenvalue weighted by Gasteiger charge is -2.30. The van der Waals surface area contributed by atoms with E-state index in [0.29, 0.717) is 12.0 Å². The van der Waals surface area contributed by atoms with Crippen LogP contribution in [0.3, 0.4) is 0 Å². The predicted octanol–water partition coefficient (Wildman–Crippen LogP) is 2.33. The minimum absolute atomic E-state index is 0.0378. The van der Waals surface area contributed by atoms with E-state index in [1.54, 1.807) is 0 Å². The number of hydrogen-bond acceptors (Lipinski definition) is 2. The molecule has 2 aliphatic rings. The summed E-state index contributed by atoms with van der Waals surface area (Å²) in [5.41, 5.74) is 0.324. The van der Waals surface area contributed by atoms with E-state index in [-0.39, 0.29) is 29.8 Å². The minimum atomic E-state index is -0.456. The molecule has 0 radical (unpaired) electrons. The highest BCUT2D eigenvalue weighted by Gasteiger charge is 2.46. The Kier molecular flexibility index (Phi) is 3.93. The normalized spacial score (nSPS) is 31.8. The van der Waals surface area contributed by atoms with Crippen LogP contribution < -0.4 is 10.6 Å². The number of nitrogens with one attached hydrogen (secondary N) is 2. The number of hydrogen-bond donors (Lipinski definition) is 2. The van der Waals surface area contributed by atoms with Crippen LogP contribution >= 0.6 is 0 Å². The summed E-state index contributed by atoms with van der Waals surface area (Å²) in [6.45, 7) is 3.04. The van der Waals surface area contributed by atoms with Crippen molar-refractivity contribution in [3.05, 3.63) is 35.4 Å². The molecule has 2 fully saturated rings. The maximum Gasteiger partial charge on any atom is 0.224 e. The van der Waals surface area contributed by atoms with Crippen molar-refractivity contribution in [2.45, 2.75) is 44.2 Å². The second-order valence-corrected chi connectivity index (χ2v) is 6.11. The topological polar surface area (TPSA) is 41.1 Å². The number of piperidine rings is 1. The second kappa shape index (κ2) is 5.72. The molecule has 1 saturated heterocycles. The van der Waals surface area contributed by atoms with E-state index >= 15 is 0 Å². The number of benzene rings is 1. The zero-order chi connectivity index (χ0) is 15.0. The van der Waals surface area contributed by atoms with E-state index in [9.17, 15) is 13.6 Å². The van der Waals surface area contributed by atoms with Gasteiger partial charge in [-0.1, -0.05) is 0 Å². The Morgan fingerprint density at radius 3 is 2.95 bits per heavy atom. The summed E-state index contributed by atoms with van der Waals surface area (Å²) in [4.78, 5) is 12.2. The van der Waals surface area contributed by atoms with E-state index in [0.717, 1.165) is 31.5 Å². The molecule has 4 unspecified atom stereocenters. The lowest BCUT2D eigenvalue weighted by molar-refractivity contribution is -0.123. The van der Waals surface area contributed by atoms with Gasteiger partial charge < -0.3 is 10.6 Å². The van der Waals surface area contributed by atoms with E-state index in [1.165, 1.54) is 6.07 Å². The zero-order valence-corrected chi connectivity index (χ0v) is 12.0. The number of carbonyl (C=O) groups excluding carboxylic acids is 1. The predicted molar refractivity (Wildman–Crippen MR) is 75.8 cm³/mol. The standard InChI is InChI=1S/C16H20F2N2O/c1-9-15(3-2-6-19-9)20-16(21)13-8-11(13)12-7-10(17)4-5-14(12)18/h4-5,7,9,11,13,15,19H,2-3,6,8H2,1H3,(H,20,21). The highest BCUT2D eigenvalue weighted by molar-refractivity contribution is 5.83. The molecule has 2 N–H and O–H groups in total. The first kappa shape index (κ1) is 14.4. The summed E-state index contributed by atoms with van der Waals surface area (Å²) in [5.74, 6) is -1.33. The monoisotopic (exact) mass is 294 g/mol. The highest BCUT2D eigenvalue weighted by atomic mass is 19.1. The molecule has 3 rings (SSSR count). The van der Waals surface area contributed by atoms with E-state index in [2.05, 4.69) is 17.6 Å². The molecule has 0 aromatic heterocycles. The quantitative estimate of drug-likeness (QED) is 0.898. The van der Waals surface area contributed by atoms with Gasteiger partial charge in [-0.2, -0.15) is 0 Å². The molecule has 1 saturated carbocycles. The number of amides is 1. The average molecular weight is 294 g/mol. The van der Waals surface area contributed by atoms with Crippen LogP contribution in [-0.2, 0) is 4.79 Å². The van der Waals surface area contributed by atoms with Gasteiger partial charge in [0.15, 0.2) is 0 Å². The second-order valence-electron chi connectivity index (χ2n) is 6.11. The Morgan fingerprint density at radius 1 is 1.38 bits per heavy atom. The number of carbonyl (C=O) groups is 1. The van der Waals surface area contributed by atoms with Gasteiger partial charge in [0.2, 0.25) is 5.91 Å². The summed E-state index contributed by atoms with van der Waals surface area (Å²) in [6, 6.07) is 3.82. The van der Waals surface area contributed by atoms with Crippen LogP contribution in [0.5, 0.6) is 0 Å². The minimum Gasteiger partial charge on any atom is -0.352 e. The molecule has 1 amide bonds. The van der Waals surface area contributed by atoms with Crippen LogP contribution in [0, 0.1) is 17.6 Å². The van der Waals surface area contributed by atoms with E-state index < -0.39 is 11.6 Å². The van der Waals surface area contributed by atoms with Crippen LogP contribution in [0.25, 0.3) is 0 Å². The first-order valence-electron chi connectivity index (χ1n) is 7.55. The van der Waals surface area contributed by atoms with Crippen LogP contribution in [0.15, 0.2) is 18.2 Å². The van der Waals surface area contributed by atoms with Crippen molar-refractivity contribution in [1.29, 1.82) is 0 Å². The number of halogens is 2. The third-order valence-corrected chi connectivity index (χ3v) is 4.57. The first-order valence-corrected chi connectivity index (χ1v) is 7.55. The molecule has 1 aliphatic heterocycles. The van der Waals surface area contributed by atoms with Gasteiger partial charge in [0.05, 0.1) is 0 Å². The van der Waals surface area contributed by atoms with Crippen molar-refractivity contribution in [2.24, 2.45) is 5.92 Å². The van der Waals surface area contributed by atoms with Gasteiger partial charge in [-0.05, 0) is 62.4 Å². The van der Waals surface area contributed by atoms with Crippen LogP contribution in [0.4, 0.5) is 8.78 Å². The SMILES string of the molecule is CC1NCCCC1NC(=O)C1CC1c1cc(F)ccc1F. The molecule has 114 valence electrons. The van der Waals surface area contributed by atoms with Crippen LogP contribution in [0.1, 0.15) is 37.7 Å². The Morgan fingerprint density at radius 2 is 2.19 bits per heavy atom. The average Bonchev–Trinajstić information content (AvgIpc) is 3.24. The first-order chi connectivity index (χ1) is 10.1.